The second-order valence-corrected chi connectivity index (χ2v) is 3.48. The van der Waals surface area contributed by atoms with Crippen LogP contribution in [0.25, 0.3) is 0 Å². The normalized spacial score (nSPS) is 10.3. The van der Waals surface area contributed by atoms with E-state index in [1.165, 1.54) is 0 Å². The molecule has 1 aromatic heterocycles. The van der Waals surface area contributed by atoms with Crippen molar-refractivity contribution in [3.8, 4) is 0 Å². The fraction of sp³-hybridized carbons (Fsp3) is 0.556. The molecule has 5 nitrogen and oxygen atoms in total. The number of rotatable bonds is 3. The third kappa shape index (κ3) is 3.08. The molecular formula is C9H15N3O2. The lowest BCUT2D eigenvalue weighted by atomic mass is 10.1. The van der Waals surface area contributed by atoms with Gasteiger partial charge in [0.15, 0.2) is 5.82 Å². The quantitative estimate of drug-likeness (QED) is 0.773. The molecule has 5 heteroatoms. The summed E-state index contributed by atoms with van der Waals surface area (Å²) < 4.78 is 5.03. The van der Waals surface area contributed by atoms with E-state index in [1.54, 1.807) is 13.1 Å². The summed E-state index contributed by atoms with van der Waals surface area (Å²) in [4.78, 5) is 10.9. The first kappa shape index (κ1) is 10.6. The highest BCUT2D eigenvalue weighted by Gasteiger charge is 2.07. The molecule has 0 unspecified atom stereocenters. The van der Waals surface area contributed by atoms with E-state index >= 15 is 0 Å². The van der Waals surface area contributed by atoms with E-state index in [-0.39, 0.29) is 6.03 Å². The van der Waals surface area contributed by atoms with Crippen LogP contribution in [0.5, 0.6) is 0 Å². The van der Waals surface area contributed by atoms with Crippen LogP contribution in [-0.2, 0) is 6.42 Å². The van der Waals surface area contributed by atoms with Crippen LogP contribution < -0.4 is 10.6 Å². The Morgan fingerprint density at radius 3 is 2.93 bits per heavy atom. The predicted octanol–water partition coefficient (Wildman–Crippen LogP) is 1.62. The van der Waals surface area contributed by atoms with E-state index in [0.717, 1.165) is 12.2 Å². The summed E-state index contributed by atoms with van der Waals surface area (Å²) in [6.45, 7) is 4.18. The molecule has 2 N–H and O–H groups in total. The topological polar surface area (TPSA) is 67.2 Å². The maximum atomic E-state index is 10.9. The smallest absolute Gasteiger partial charge is 0.320 e. The molecule has 1 rings (SSSR count). The lowest BCUT2D eigenvalue weighted by Crippen LogP contribution is -2.24. The molecule has 0 fully saturated rings. The van der Waals surface area contributed by atoms with Gasteiger partial charge in [-0.05, 0) is 5.92 Å². The summed E-state index contributed by atoms with van der Waals surface area (Å²) in [6.07, 6.45) is 0.822. The number of aromatic nitrogens is 1. The van der Waals surface area contributed by atoms with Crippen LogP contribution in [0.3, 0.4) is 0 Å². The molecule has 0 aromatic carbocycles. The van der Waals surface area contributed by atoms with Gasteiger partial charge in [0.05, 0.1) is 0 Å². The lowest BCUT2D eigenvalue weighted by molar-refractivity contribution is 0.253. The fourth-order valence-electron chi connectivity index (χ4n) is 1.05. The van der Waals surface area contributed by atoms with E-state index in [9.17, 15) is 4.79 Å². The number of anilines is 1. The minimum atomic E-state index is -0.297. The van der Waals surface area contributed by atoms with Crippen molar-refractivity contribution in [2.75, 3.05) is 12.4 Å². The third-order valence-electron chi connectivity index (χ3n) is 1.64. The van der Waals surface area contributed by atoms with E-state index in [4.69, 9.17) is 4.52 Å². The van der Waals surface area contributed by atoms with Gasteiger partial charge in [-0.2, -0.15) is 0 Å². The Bertz CT molecular complexity index is 307. The summed E-state index contributed by atoms with van der Waals surface area (Å²) in [7, 11) is 1.55. The summed E-state index contributed by atoms with van der Waals surface area (Å²) in [5.74, 6) is 1.74. The molecule has 0 saturated carbocycles. The first-order chi connectivity index (χ1) is 6.61. The molecule has 0 aliphatic rings. The molecule has 78 valence electrons. The maximum absolute atomic E-state index is 10.9. The Morgan fingerprint density at radius 1 is 1.64 bits per heavy atom. The highest BCUT2D eigenvalue weighted by molar-refractivity contribution is 5.87. The largest absolute Gasteiger partial charge is 0.359 e. The monoisotopic (exact) mass is 197 g/mol. The molecule has 0 radical (unpaired) electrons. The molecule has 0 spiro atoms. The number of nitrogens with zero attached hydrogens (tertiary/aromatic N) is 1. The number of amides is 2. The third-order valence-corrected chi connectivity index (χ3v) is 1.64. The zero-order valence-electron chi connectivity index (χ0n) is 8.63. The second kappa shape index (κ2) is 4.64. The zero-order valence-corrected chi connectivity index (χ0v) is 8.63. The van der Waals surface area contributed by atoms with Gasteiger partial charge in [-0.15, -0.1) is 0 Å². The molecular weight excluding hydrogens is 182 g/mol. The minimum Gasteiger partial charge on any atom is -0.359 e. The SMILES string of the molecule is CNC(=O)Nc1cc(CC(C)C)on1. The van der Waals surface area contributed by atoms with Crippen LogP contribution in [-0.4, -0.2) is 18.2 Å². The van der Waals surface area contributed by atoms with Gasteiger partial charge in [-0.3, -0.25) is 5.32 Å². The number of carbonyl (C=O) groups is 1. The number of hydrogen-bond acceptors (Lipinski definition) is 3. The highest BCUT2D eigenvalue weighted by Crippen LogP contribution is 2.12. The maximum Gasteiger partial charge on any atom is 0.320 e. The van der Waals surface area contributed by atoms with Crippen LogP contribution in [0.1, 0.15) is 19.6 Å². The van der Waals surface area contributed by atoms with Crippen molar-refractivity contribution >= 4 is 11.8 Å². The van der Waals surface area contributed by atoms with Crippen molar-refractivity contribution < 1.29 is 9.32 Å². The summed E-state index contributed by atoms with van der Waals surface area (Å²) >= 11 is 0. The van der Waals surface area contributed by atoms with Crippen molar-refractivity contribution in [2.45, 2.75) is 20.3 Å². The number of hydrogen-bond donors (Lipinski definition) is 2. The van der Waals surface area contributed by atoms with Crippen LogP contribution in [0.4, 0.5) is 10.6 Å². The van der Waals surface area contributed by atoms with Crippen molar-refractivity contribution in [1.82, 2.24) is 10.5 Å². The Labute approximate surface area is 82.8 Å². The molecule has 1 heterocycles. The number of carbonyl (C=O) groups excluding carboxylic acids is 1. The van der Waals surface area contributed by atoms with Gasteiger partial charge >= 0.3 is 6.03 Å². The molecule has 0 aliphatic heterocycles. The average Bonchev–Trinajstić information content (AvgIpc) is 2.51. The van der Waals surface area contributed by atoms with Gasteiger partial charge in [0, 0.05) is 19.5 Å². The molecule has 0 aliphatic carbocycles. The summed E-state index contributed by atoms with van der Waals surface area (Å²) in [5, 5.41) is 8.67. The standard InChI is InChI=1S/C9H15N3O2/c1-6(2)4-7-5-8(12-14-7)11-9(13)10-3/h5-6H,4H2,1-3H3,(H2,10,11,12,13). The molecule has 0 bridgehead atoms. The van der Waals surface area contributed by atoms with Crippen molar-refractivity contribution in [2.24, 2.45) is 5.92 Å². The van der Waals surface area contributed by atoms with Gasteiger partial charge in [0.2, 0.25) is 0 Å². The van der Waals surface area contributed by atoms with Crippen LogP contribution in [0, 0.1) is 5.92 Å². The van der Waals surface area contributed by atoms with Gasteiger partial charge in [0.25, 0.3) is 0 Å². The van der Waals surface area contributed by atoms with Crippen molar-refractivity contribution in [3.63, 3.8) is 0 Å². The van der Waals surface area contributed by atoms with Gasteiger partial charge in [-0.1, -0.05) is 19.0 Å². The van der Waals surface area contributed by atoms with Crippen molar-refractivity contribution in [3.05, 3.63) is 11.8 Å². The Kier molecular flexibility index (Phi) is 3.50. The number of nitrogens with one attached hydrogen (secondary N) is 2. The Morgan fingerprint density at radius 2 is 2.36 bits per heavy atom. The second-order valence-electron chi connectivity index (χ2n) is 3.48. The van der Waals surface area contributed by atoms with E-state index < -0.39 is 0 Å². The molecule has 14 heavy (non-hydrogen) atoms. The predicted molar refractivity (Wildman–Crippen MR) is 53.1 cm³/mol. The molecule has 1 aromatic rings. The van der Waals surface area contributed by atoms with Crippen LogP contribution in [0.15, 0.2) is 10.6 Å². The van der Waals surface area contributed by atoms with E-state index in [0.29, 0.717) is 11.7 Å². The minimum absolute atomic E-state index is 0.297. The lowest BCUT2D eigenvalue weighted by Gasteiger charge is -1.97. The zero-order chi connectivity index (χ0) is 10.6. The highest BCUT2D eigenvalue weighted by atomic mass is 16.5. The fourth-order valence-corrected chi connectivity index (χ4v) is 1.05. The first-order valence-electron chi connectivity index (χ1n) is 4.56. The van der Waals surface area contributed by atoms with Gasteiger partial charge in [-0.25, -0.2) is 4.79 Å². The van der Waals surface area contributed by atoms with Crippen LogP contribution in [0.2, 0.25) is 0 Å². The van der Waals surface area contributed by atoms with Crippen molar-refractivity contribution in [1.29, 1.82) is 0 Å². The first-order valence-corrected chi connectivity index (χ1v) is 4.56. The number of urea groups is 1. The average molecular weight is 197 g/mol. The molecule has 2 amide bonds. The van der Waals surface area contributed by atoms with Gasteiger partial charge < -0.3 is 9.84 Å². The molecule has 0 saturated heterocycles. The summed E-state index contributed by atoms with van der Waals surface area (Å²) in [6, 6.07) is 1.43. The van der Waals surface area contributed by atoms with Gasteiger partial charge in [0.1, 0.15) is 5.76 Å². The molecule has 0 atom stereocenters. The van der Waals surface area contributed by atoms with E-state index in [2.05, 4.69) is 29.6 Å². The summed E-state index contributed by atoms with van der Waals surface area (Å²) in [5.41, 5.74) is 0. The van der Waals surface area contributed by atoms with E-state index in [1.807, 2.05) is 0 Å². The Balaban J connectivity index is 2.55. The van der Waals surface area contributed by atoms with Crippen LogP contribution >= 0.6 is 0 Å². The Hall–Kier alpha value is -1.52.